The molecule has 0 fully saturated rings. The second kappa shape index (κ2) is 6.18. The van der Waals surface area contributed by atoms with E-state index in [1.807, 2.05) is 20.8 Å². The van der Waals surface area contributed by atoms with E-state index in [-0.39, 0.29) is 23.6 Å². The lowest BCUT2D eigenvalue weighted by Crippen LogP contribution is -2.45. The molecule has 0 bridgehead atoms. The second-order valence-corrected chi connectivity index (χ2v) is 5.36. The Kier molecular flexibility index (Phi) is 4.85. The van der Waals surface area contributed by atoms with Crippen LogP contribution in [0.5, 0.6) is 0 Å². The summed E-state index contributed by atoms with van der Waals surface area (Å²) in [4.78, 5) is 34.0. The van der Waals surface area contributed by atoms with Crippen LogP contribution in [0.15, 0.2) is 24.3 Å². The topological polar surface area (TPSA) is 95.5 Å². The Balaban J connectivity index is 2.55. The van der Waals surface area contributed by atoms with Crippen molar-refractivity contribution in [1.82, 2.24) is 10.6 Å². The Hall–Kier alpha value is -2.37. The molecule has 2 amide bonds. The number of carboxylic acid groups (broad SMARTS) is 1. The van der Waals surface area contributed by atoms with E-state index in [1.165, 1.54) is 24.3 Å². The molecule has 6 nitrogen and oxygen atoms in total. The molecule has 0 saturated heterocycles. The molecule has 1 aromatic carbocycles. The molecule has 0 spiro atoms. The van der Waals surface area contributed by atoms with Crippen molar-refractivity contribution in [1.29, 1.82) is 0 Å². The fourth-order valence-corrected chi connectivity index (χ4v) is 1.49. The van der Waals surface area contributed by atoms with Gasteiger partial charge in [-0.15, -0.1) is 0 Å². The van der Waals surface area contributed by atoms with E-state index < -0.39 is 11.9 Å². The summed E-state index contributed by atoms with van der Waals surface area (Å²) in [6, 6.07) is 5.49. The third-order valence-corrected chi connectivity index (χ3v) is 2.32. The van der Waals surface area contributed by atoms with E-state index in [4.69, 9.17) is 5.11 Å². The largest absolute Gasteiger partial charge is 0.478 e. The maximum absolute atomic E-state index is 11.8. The molecule has 20 heavy (non-hydrogen) atoms. The van der Waals surface area contributed by atoms with Crippen molar-refractivity contribution in [2.24, 2.45) is 0 Å². The average Bonchev–Trinajstić information content (AvgIpc) is 2.34. The van der Waals surface area contributed by atoms with Crippen molar-refractivity contribution < 1.29 is 19.5 Å². The lowest BCUT2D eigenvalue weighted by Gasteiger charge is -2.20. The fourth-order valence-electron chi connectivity index (χ4n) is 1.49. The second-order valence-electron chi connectivity index (χ2n) is 5.36. The number of hydrogen-bond acceptors (Lipinski definition) is 3. The van der Waals surface area contributed by atoms with E-state index in [9.17, 15) is 14.4 Å². The Morgan fingerprint density at radius 2 is 1.55 bits per heavy atom. The molecule has 0 atom stereocenters. The summed E-state index contributed by atoms with van der Waals surface area (Å²) in [5.41, 5.74) is 0.0517. The summed E-state index contributed by atoms with van der Waals surface area (Å²) < 4.78 is 0. The minimum absolute atomic E-state index is 0.104. The number of carbonyl (C=O) groups excluding carboxylic acids is 2. The van der Waals surface area contributed by atoms with Gasteiger partial charge in [0.25, 0.3) is 5.91 Å². The molecule has 6 heteroatoms. The molecule has 0 unspecified atom stereocenters. The van der Waals surface area contributed by atoms with E-state index in [1.54, 1.807) is 0 Å². The number of carbonyl (C=O) groups is 3. The molecule has 3 N–H and O–H groups in total. The van der Waals surface area contributed by atoms with Gasteiger partial charge in [-0.3, -0.25) is 9.59 Å². The van der Waals surface area contributed by atoms with Crippen molar-refractivity contribution in [2.45, 2.75) is 26.3 Å². The number of aromatic carboxylic acids is 1. The highest BCUT2D eigenvalue weighted by molar-refractivity contribution is 5.97. The normalized spacial score (nSPS) is 10.8. The summed E-state index contributed by atoms with van der Waals surface area (Å²) >= 11 is 0. The van der Waals surface area contributed by atoms with E-state index in [0.717, 1.165) is 0 Å². The van der Waals surface area contributed by atoms with E-state index >= 15 is 0 Å². The van der Waals surface area contributed by atoms with Crippen LogP contribution in [0.3, 0.4) is 0 Å². The highest BCUT2D eigenvalue weighted by Gasteiger charge is 2.14. The van der Waals surface area contributed by atoms with Crippen LogP contribution < -0.4 is 10.6 Å². The average molecular weight is 278 g/mol. The van der Waals surface area contributed by atoms with Crippen LogP contribution in [0.4, 0.5) is 0 Å². The summed E-state index contributed by atoms with van der Waals surface area (Å²) in [5.74, 6) is -1.76. The van der Waals surface area contributed by atoms with Crippen LogP contribution in [0.2, 0.25) is 0 Å². The summed E-state index contributed by atoms with van der Waals surface area (Å²) in [7, 11) is 0. The van der Waals surface area contributed by atoms with Gasteiger partial charge in [-0.25, -0.2) is 4.79 Å². The van der Waals surface area contributed by atoms with Crippen LogP contribution in [0.1, 0.15) is 41.5 Å². The summed E-state index contributed by atoms with van der Waals surface area (Å²) in [6.07, 6.45) is 0. The Morgan fingerprint density at radius 3 is 2.00 bits per heavy atom. The SMILES string of the molecule is CC(C)(C)NC(=O)CNC(=O)c1ccc(C(=O)O)cc1. The van der Waals surface area contributed by atoms with Crippen molar-refractivity contribution in [3.63, 3.8) is 0 Å². The van der Waals surface area contributed by atoms with Gasteiger partial charge in [-0.2, -0.15) is 0 Å². The maximum atomic E-state index is 11.8. The smallest absolute Gasteiger partial charge is 0.335 e. The minimum atomic E-state index is -1.05. The number of benzene rings is 1. The standard InChI is InChI=1S/C14H18N2O4/c1-14(2,3)16-11(17)8-15-12(18)9-4-6-10(7-5-9)13(19)20/h4-7H,8H2,1-3H3,(H,15,18)(H,16,17)(H,19,20). The molecule has 0 saturated carbocycles. The number of rotatable bonds is 4. The van der Waals surface area contributed by atoms with E-state index in [0.29, 0.717) is 5.56 Å². The van der Waals surface area contributed by atoms with Gasteiger partial charge in [0.2, 0.25) is 5.91 Å². The van der Waals surface area contributed by atoms with Gasteiger partial charge in [0.15, 0.2) is 0 Å². The van der Waals surface area contributed by atoms with Crippen LogP contribution in [0.25, 0.3) is 0 Å². The predicted octanol–water partition coefficient (Wildman–Crippen LogP) is 1.03. The number of hydrogen-bond donors (Lipinski definition) is 3. The first-order chi connectivity index (χ1) is 9.19. The maximum Gasteiger partial charge on any atom is 0.335 e. The monoisotopic (exact) mass is 278 g/mol. The Morgan fingerprint density at radius 1 is 1.05 bits per heavy atom. The van der Waals surface area contributed by atoms with Crippen LogP contribution in [-0.4, -0.2) is 35.0 Å². The highest BCUT2D eigenvalue weighted by atomic mass is 16.4. The predicted molar refractivity (Wildman–Crippen MR) is 73.6 cm³/mol. The number of carboxylic acids is 1. The third kappa shape index (κ3) is 5.09. The van der Waals surface area contributed by atoms with Crippen LogP contribution in [0, 0.1) is 0 Å². The highest BCUT2D eigenvalue weighted by Crippen LogP contribution is 2.04. The first-order valence-corrected chi connectivity index (χ1v) is 6.11. The molecule has 0 heterocycles. The minimum Gasteiger partial charge on any atom is -0.478 e. The molecule has 1 rings (SSSR count). The number of amides is 2. The first-order valence-electron chi connectivity index (χ1n) is 6.11. The molecule has 0 aliphatic heterocycles. The zero-order valence-corrected chi connectivity index (χ0v) is 11.7. The lowest BCUT2D eigenvalue weighted by molar-refractivity contribution is -0.121. The Labute approximate surface area is 117 Å². The first kappa shape index (κ1) is 15.7. The van der Waals surface area contributed by atoms with Crippen molar-refractivity contribution in [3.8, 4) is 0 Å². The molecule has 0 aliphatic rings. The van der Waals surface area contributed by atoms with Crippen molar-refractivity contribution in [3.05, 3.63) is 35.4 Å². The lowest BCUT2D eigenvalue weighted by atomic mass is 10.1. The molecular formula is C14H18N2O4. The molecule has 0 aliphatic carbocycles. The van der Waals surface area contributed by atoms with Gasteiger partial charge >= 0.3 is 5.97 Å². The van der Waals surface area contributed by atoms with Crippen molar-refractivity contribution >= 4 is 17.8 Å². The fraction of sp³-hybridized carbons (Fsp3) is 0.357. The van der Waals surface area contributed by atoms with Crippen LogP contribution in [-0.2, 0) is 4.79 Å². The summed E-state index contributed by atoms with van der Waals surface area (Å²) in [6.45, 7) is 5.41. The quantitative estimate of drug-likeness (QED) is 0.766. The van der Waals surface area contributed by atoms with Gasteiger partial charge in [0.05, 0.1) is 12.1 Å². The van der Waals surface area contributed by atoms with Gasteiger partial charge in [-0.05, 0) is 45.0 Å². The van der Waals surface area contributed by atoms with Gasteiger partial charge in [0.1, 0.15) is 0 Å². The van der Waals surface area contributed by atoms with Gasteiger partial charge < -0.3 is 15.7 Å². The zero-order valence-electron chi connectivity index (χ0n) is 11.7. The van der Waals surface area contributed by atoms with Gasteiger partial charge in [0, 0.05) is 11.1 Å². The molecule has 0 aromatic heterocycles. The van der Waals surface area contributed by atoms with E-state index in [2.05, 4.69) is 10.6 Å². The van der Waals surface area contributed by atoms with Gasteiger partial charge in [-0.1, -0.05) is 0 Å². The van der Waals surface area contributed by atoms with Crippen LogP contribution >= 0.6 is 0 Å². The Bertz CT molecular complexity index is 515. The van der Waals surface area contributed by atoms with Crippen molar-refractivity contribution in [2.75, 3.05) is 6.54 Å². The number of nitrogens with one attached hydrogen (secondary N) is 2. The summed E-state index contributed by atoms with van der Waals surface area (Å²) in [5, 5.41) is 13.9. The molecular weight excluding hydrogens is 260 g/mol. The molecule has 108 valence electrons. The zero-order chi connectivity index (χ0) is 15.3. The molecule has 0 radical (unpaired) electrons. The molecule has 1 aromatic rings. The third-order valence-electron chi connectivity index (χ3n) is 2.32.